The van der Waals surface area contributed by atoms with E-state index in [-0.39, 0.29) is 17.7 Å². The highest BCUT2D eigenvalue weighted by Crippen LogP contribution is 2.38. The summed E-state index contributed by atoms with van der Waals surface area (Å²) in [7, 11) is 0. The zero-order valence-electron chi connectivity index (χ0n) is 12.7. The first-order valence-corrected chi connectivity index (χ1v) is 7.83. The average molecular weight is 302 g/mol. The lowest BCUT2D eigenvalue weighted by molar-refractivity contribution is -0.164. The Hall–Kier alpha value is -1.20. The fourth-order valence-electron chi connectivity index (χ4n) is 3.50. The van der Waals surface area contributed by atoms with Gasteiger partial charge in [0.2, 0.25) is 11.8 Å². The normalized spacial score (nSPS) is 27.1. The van der Waals surface area contributed by atoms with Gasteiger partial charge in [-0.1, -0.05) is 39.5 Å². The second-order valence-electron chi connectivity index (χ2n) is 6.27. The summed E-state index contributed by atoms with van der Waals surface area (Å²) in [5, 5.41) is 2.81. The number of amides is 2. The van der Waals surface area contributed by atoms with E-state index in [0.29, 0.717) is 19.3 Å². The highest BCUT2D eigenvalue weighted by atomic mass is 19.3. The molecule has 4 nitrogen and oxygen atoms in total. The molecule has 2 amide bonds. The van der Waals surface area contributed by atoms with E-state index in [2.05, 4.69) is 5.32 Å². The zero-order valence-corrected chi connectivity index (χ0v) is 12.7. The maximum atomic E-state index is 12.9. The van der Waals surface area contributed by atoms with E-state index in [4.69, 9.17) is 0 Å². The molecule has 2 fully saturated rings. The lowest BCUT2D eigenvalue weighted by Gasteiger charge is -2.50. The van der Waals surface area contributed by atoms with Gasteiger partial charge in [-0.3, -0.25) is 9.59 Å². The molecule has 2 atom stereocenters. The predicted octanol–water partition coefficient (Wildman–Crippen LogP) is 2.33. The summed E-state index contributed by atoms with van der Waals surface area (Å²) in [6, 6.07) is -0.672. The minimum Gasteiger partial charge on any atom is -0.342 e. The van der Waals surface area contributed by atoms with Crippen molar-refractivity contribution in [2.45, 2.75) is 70.4 Å². The Morgan fingerprint density at radius 2 is 1.90 bits per heavy atom. The Morgan fingerprint density at radius 3 is 2.43 bits per heavy atom. The van der Waals surface area contributed by atoms with E-state index in [0.717, 1.165) is 19.3 Å². The maximum Gasteiger partial charge on any atom is 0.255 e. The smallest absolute Gasteiger partial charge is 0.255 e. The highest BCUT2D eigenvalue weighted by Gasteiger charge is 2.53. The molecule has 1 N–H and O–H groups in total. The van der Waals surface area contributed by atoms with Crippen LogP contribution in [0.15, 0.2) is 0 Å². The van der Waals surface area contributed by atoms with Crippen LogP contribution in [0.4, 0.5) is 8.78 Å². The molecule has 1 spiro atoms. The fraction of sp³-hybridized carbons (Fsp3) is 0.867. The molecule has 6 heteroatoms. The van der Waals surface area contributed by atoms with E-state index < -0.39 is 24.6 Å². The summed E-state index contributed by atoms with van der Waals surface area (Å²) in [4.78, 5) is 26.4. The topological polar surface area (TPSA) is 49.4 Å². The first-order valence-electron chi connectivity index (χ1n) is 7.83. The Bertz CT molecular complexity index is 408. The number of carbonyl (C=O) groups is 2. The van der Waals surface area contributed by atoms with Crippen molar-refractivity contribution in [2.75, 3.05) is 6.54 Å². The van der Waals surface area contributed by atoms with Gasteiger partial charge < -0.3 is 10.2 Å². The molecule has 120 valence electrons. The van der Waals surface area contributed by atoms with E-state index in [1.165, 1.54) is 4.90 Å². The van der Waals surface area contributed by atoms with E-state index in [9.17, 15) is 18.4 Å². The minimum atomic E-state index is -2.61. The summed E-state index contributed by atoms with van der Waals surface area (Å²) in [6.07, 6.45) is 1.67. The van der Waals surface area contributed by atoms with Gasteiger partial charge in [0.25, 0.3) is 6.43 Å². The van der Waals surface area contributed by atoms with Crippen LogP contribution in [-0.4, -0.2) is 41.3 Å². The first-order chi connectivity index (χ1) is 9.92. The number of nitrogens with one attached hydrogen (secondary N) is 1. The van der Waals surface area contributed by atoms with Crippen molar-refractivity contribution in [1.29, 1.82) is 0 Å². The van der Waals surface area contributed by atoms with Gasteiger partial charge in [-0.25, -0.2) is 8.78 Å². The molecule has 1 heterocycles. The molecule has 0 bridgehead atoms. The maximum absolute atomic E-state index is 12.9. The summed E-state index contributed by atoms with van der Waals surface area (Å²) in [5.41, 5.74) is -1.05. The second-order valence-corrected chi connectivity index (χ2v) is 6.27. The standard InChI is InChI=1S/C15H24F2N2O2/c1-3-10(2)12-13(20)19(9-11(16)17)15(14(21)18-12)7-5-4-6-8-15/h10-12H,3-9H2,1-2H3,(H,18,21). The van der Waals surface area contributed by atoms with Crippen LogP contribution >= 0.6 is 0 Å². The molecular formula is C15H24F2N2O2. The summed E-state index contributed by atoms with van der Waals surface area (Å²) in [5.74, 6) is -0.638. The summed E-state index contributed by atoms with van der Waals surface area (Å²) < 4.78 is 25.9. The molecule has 0 aromatic carbocycles. The molecule has 1 aliphatic heterocycles. The summed E-state index contributed by atoms with van der Waals surface area (Å²) in [6.45, 7) is 3.15. The molecule has 0 aromatic rings. The lowest BCUT2D eigenvalue weighted by atomic mass is 9.76. The molecule has 1 saturated heterocycles. The molecule has 2 aliphatic rings. The lowest BCUT2D eigenvalue weighted by Crippen LogP contribution is -2.72. The van der Waals surface area contributed by atoms with Crippen molar-refractivity contribution in [2.24, 2.45) is 5.92 Å². The van der Waals surface area contributed by atoms with Crippen molar-refractivity contribution >= 4 is 11.8 Å². The SMILES string of the molecule is CCC(C)C1NC(=O)C2(CCCCC2)N(CC(F)F)C1=O. The third kappa shape index (κ3) is 2.90. The van der Waals surface area contributed by atoms with Crippen molar-refractivity contribution in [3.63, 3.8) is 0 Å². The van der Waals surface area contributed by atoms with Crippen molar-refractivity contribution in [3.05, 3.63) is 0 Å². The summed E-state index contributed by atoms with van der Waals surface area (Å²) >= 11 is 0. The van der Waals surface area contributed by atoms with Crippen LogP contribution in [0.3, 0.4) is 0 Å². The fourth-order valence-corrected chi connectivity index (χ4v) is 3.50. The zero-order chi connectivity index (χ0) is 15.6. The van der Waals surface area contributed by atoms with Crippen molar-refractivity contribution in [1.82, 2.24) is 10.2 Å². The largest absolute Gasteiger partial charge is 0.342 e. The third-order valence-electron chi connectivity index (χ3n) is 4.97. The van der Waals surface area contributed by atoms with Gasteiger partial charge in [0, 0.05) is 0 Å². The van der Waals surface area contributed by atoms with Gasteiger partial charge in [0.1, 0.15) is 11.6 Å². The number of hydrogen-bond acceptors (Lipinski definition) is 2. The molecular weight excluding hydrogens is 278 g/mol. The van der Waals surface area contributed by atoms with Crippen LogP contribution in [0.1, 0.15) is 52.4 Å². The molecule has 1 aliphatic carbocycles. The van der Waals surface area contributed by atoms with Gasteiger partial charge in [-0.05, 0) is 18.8 Å². The molecule has 1 saturated carbocycles. The van der Waals surface area contributed by atoms with Crippen LogP contribution in [0.5, 0.6) is 0 Å². The predicted molar refractivity (Wildman–Crippen MR) is 74.9 cm³/mol. The average Bonchev–Trinajstić information content (AvgIpc) is 2.47. The minimum absolute atomic E-state index is 0.0532. The van der Waals surface area contributed by atoms with E-state index in [1.54, 1.807) is 0 Å². The molecule has 2 rings (SSSR count). The van der Waals surface area contributed by atoms with Gasteiger partial charge in [0.05, 0.1) is 6.54 Å². The van der Waals surface area contributed by atoms with Crippen LogP contribution in [-0.2, 0) is 9.59 Å². The van der Waals surface area contributed by atoms with Crippen LogP contribution in [0.25, 0.3) is 0 Å². The number of hydrogen-bond donors (Lipinski definition) is 1. The highest BCUT2D eigenvalue weighted by molar-refractivity contribution is 6.00. The monoisotopic (exact) mass is 302 g/mol. The molecule has 2 unspecified atom stereocenters. The molecule has 0 radical (unpaired) electrons. The number of alkyl halides is 2. The van der Waals surface area contributed by atoms with Gasteiger partial charge in [0.15, 0.2) is 0 Å². The number of halogens is 2. The quantitative estimate of drug-likeness (QED) is 0.866. The second kappa shape index (κ2) is 6.28. The van der Waals surface area contributed by atoms with Gasteiger partial charge in [-0.15, -0.1) is 0 Å². The number of carbonyl (C=O) groups excluding carboxylic acids is 2. The Balaban J connectivity index is 2.32. The third-order valence-corrected chi connectivity index (χ3v) is 4.97. The Labute approximate surface area is 124 Å². The van der Waals surface area contributed by atoms with E-state index in [1.807, 2.05) is 13.8 Å². The first kappa shape index (κ1) is 16.2. The van der Waals surface area contributed by atoms with Gasteiger partial charge >= 0.3 is 0 Å². The Morgan fingerprint density at radius 1 is 1.29 bits per heavy atom. The molecule has 0 aromatic heterocycles. The number of nitrogens with zero attached hydrogens (tertiary/aromatic N) is 1. The van der Waals surface area contributed by atoms with Crippen molar-refractivity contribution < 1.29 is 18.4 Å². The van der Waals surface area contributed by atoms with Gasteiger partial charge in [-0.2, -0.15) is 0 Å². The molecule has 21 heavy (non-hydrogen) atoms. The van der Waals surface area contributed by atoms with Crippen LogP contribution in [0.2, 0.25) is 0 Å². The van der Waals surface area contributed by atoms with Crippen molar-refractivity contribution in [3.8, 4) is 0 Å². The number of rotatable bonds is 4. The van der Waals surface area contributed by atoms with Crippen LogP contribution in [0, 0.1) is 5.92 Å². The number of piperazine rings is 1. The van der Waals surface area contributed by atoms with Crippen LogP contribution < -0.4 is 5.32 Å². The van der Waals surface area contributed by atoms with E-state index >= 15 is 0 Å². The Kier molecular flexibility index (Phi) is 4.84.